The van der Waals surface area contributed by atoms with Gasteiger partial charge in [0.05, 0.1) is 12.5 Å². The van der Waals surface area contributed by atoms with Crippen LogP contribution < -0.4 is 10.6 Å². The van der Waals surface area contributed by atoms with Gasteiger partial charge in [0.25, 0.3) is 0 Å². The largest absolute Gasteiger partial charge is 0.355 e. The van der Waals surface area contributed by atoms with E-state index in [1.54, 1.807) is 0 Å². The first-order chi connectivity index (χ1) is 14.5. The van der Waals surface area contributed by atoms with Gasteiger partial charge in [0.15, 0.2) is 0 Å². The number of nitrogens with one attached hydrogen (secondary N) is 2. The lowest BCUT2D eigenvalue weighted by Gasteiger charge is -2.33. The van der Waals surface area contributed by atoms with Crippen molar-refractivity contribution >= 4 is 11.8 Å². The Kier molecular flexibility index (Phi) is 8.74. The van der Waals surface area contributed by atoms with E-state index in [-0.39, 0.29) is 17.7 Å². The van der Waals surface area contributed by atoms with Gasteiger partial charge in [-0.1, -0.05) is 57.4 Å². The summed E-state index contributed by atoms with van der Waals surface area (Å²) in [5.74, 6) is 0.809. The van der Waals surface area contributed by atoms with Gasteiger partial charge in [0.1, 0.15) is 0 Å². The van der Waals surface area contributed by atoms with Crippen molar-refractivity contribution in [2.45, 2.75) is 77.2 Å². The van der Waals surface area contributed by atoms with Gasteiger partial charge in [-0.3, -0.25) is 14.5 Å². The van der Waals surface area contributed by atoms with Crippen molar-refractivity contribution in [3.05, 3.63) is 35.4 Å². The second-order valence-electron chi connectivity index (χ2n) is 9.41. The molecular formula is C25H39N3O2. The van der Waals surface area contributed by atoms with Crippen LogP contribution in [0.2, 0.25) is 0 Å². The fourth-order valence-electron chi connectivity index (χ4n) is 4.65. The molecule has 1 heterocycles. The number of hydrogen-bond donors (Lipinski definition) is 2. The number of benzene rings is 1. The Bertz CT molecular complexity index is 680. The van der Waals surface area contributed by atoms with Gasteiger partial charge < -0.3 is 10.6 Å². The molecule has 2 fully saturated rings. The Balaban J connectivity index is 1.36. The third-order valence-electron chi connectivity index (χ3n) is 6.58. The van der Waals surface area contributed by atoms with Crippen LogP contribution in [-0.2, 0) is 16.0 Å². The molecule has 0 bridgehead atoms. The zero-order chi connectivity index (χ0) is 21.3. The maximum absolute atomic E-state index is 12.7. The zero-order valence-corrected chi connectivity index (χ0v) is 18.8. The molecule has 1 aromatic rings. The average molecular weight is 414 g/mol. The van der Waals surface area contributed by atoms with Crippen LogP contribution in [0.5, 0.6) is 0 Å². The van der Waals surface area contributed by atoms with E-state index < -0.39 is 0 Å². The highest BCUT2D eigenvalue weighted by molar-refractivity contribution is 5.80. The van der Waals surface area contributed by atoms with Gasteiger partial charge in [0, 0.05) is 19.1 Å². The third-order valence-corrected chi connectivity index (χ3v) is 6.58. The molecule has 0 spiro atoms. The van der Waals surface area contributed by atoms with Crippen LogP contribution >= 0.6 is 0 Å². The summed E-state index contributed by atoms with van der Waals surface area (Å²) in [4.78, 5) is 27.2. The van der Waals surface area contributed by atoms with Crippen LogP contribution in [0.3, 0.4) is 0 Å². The van der Waals surface area contributed by atoms with E-state index in [9.17, 15) is 9.59 Å². The summed E-state index contributed by atoms with van der Waals surface area (Å²) in [6.07, 6.45) is 8.74. The SMILES string of the molecule is CC(C)c1ccc(CCNC(=O)CN2CCCC(C(=O)NC3CCCCC3)C2)cc1. The van der Waals surface area contributed by atoms with Crippen molar-refractivity contribution in [2.75, 3.05) is 26.2 Å². The van der Waals surface area contributed by atoms with E-state index in [2.05, 4.69) is 53.6 Å². The number of piperidine rings is 1. The fraction of sp³-hybridized carbons (Fsp3) is 0.680. The molecule has 5 nitrogen and oxygen atoms in total. The van der Waals surface area contributed by atoms with E-state index in [0.29, 0.717) is 31.6 Å². The Morgan fingerprint density at radius 2 is 1.77 bits per heavy atom. The minimum absolute atomic E-state index is 0.0212. The van der Waals surface area contributed by atoms with Crippen LogP contribution in [0.1, 0.15) is 75.8 Å². The number of carbonyl (C=O) groups is 2. The smallest absolute Gasteiger partial charge is 0.234 e. The summed E-state index contributed by atoms with van der Waals surface area (Å²) in [5, 5.41) is 6.30. The molecule has 1 aliphatic heterocycles. The number of likely N-dealkylation sites (tertiary alicyclic amines) is 1. The zero-order valence-electron chi connectivity index (χ0n) is 18.8. The molecule has 1 unspecified atom stereocenters. The molecule has 30 heavy (non-hydrogen) atoms. The van der Waals surface area contributed by atoms with Gasteiger partial charge in [0.2, 0.25) is 11.8 Å². The average Bonchev–Trinajstić information content (AvgIpc) is 2.75. The Morgan fingerprint density at radius 3 is 2.47 bits per heavy atom. The molecule has 5 heteroatoms. The highest BCUT2D eigenvalue weighted by Crippen LogP contribution is 2.20. The standard InChI is InChI=1S/C25H39N3O2/c1-19(2)21-12-10-20(11-13-21)14-15-26-24(29)18-28-16-6-7-22(17-28)25(30)27-23-8-4-3-5-9-23/h10-13,19,22-23H,3-9,14-18H2,1-2H3,(H,26,29)(H,27,30). The van der Waals surface area contributed by atoms with Crippen LogP contribution in [0.15, 0.2) is 24.3 Å². The Hall–Kier alpha value is -1.88. The lowest BCUT2D eigenvalue weighted by atomic mass is 9.93. The lowest BCUT2D eigenvalue weighted by molar-refractivity contribution is -0.129. The van der Waals surface area contributed by atoms with Crippen LogP contribution in [0.25, 0.3) is 0 Å². The Labute approximate surface area is 182 Å². The van der Waals surface area contributed by atoms with Crippen molar-refractivity contribution in [1.82, 2.24) is 15.5 Å². The molecule has 166 valence electrons. The van der Waals surface area contributed by atoms with Gasteiger partial charge in [-0.2, -0.15) is 0 Å². The first-order valence-electron chi connectivity index (χ1n) is 11.9. The van der Waals surface area contributed by atoms with Crippen LogP contribution in [-0.4, -0.2) is 48.9 Å². The van der Waals surface area contributed by atoms with Gasteiger partial charge in [-0.25, -0.2) is 0 Å². The summed E-state index contributed by atoms with van der Waals surface area (Å²) < 4.78 is 0. The van der Waals surface area contributed by atoms with E-state index in [1.165, 1.54) is 30.4 Å². The first kappa shape index (κ1) is 22.8. The molecule has 1 saturated carbocycles. The topological polar surface area (TPSA) is 61.4 Å². The molecule has 2 aliphatic rings. The third kappa shape index (κ3) is 7.12. The van der Waals surface area contributed by atoms with Crippen molar-refractivity contribution in [3.8, 4) is 0 Å². The van der Waals surface area contributed by atoms with Crippen molar-refractivity contribution < 1.29 is 9.59 Å². The van der Waals surface area contributed by atoms with Gasteiger partial charge >= 0.3 is 0 Å². The molecule has 1 aliphatic carbocycles. The molecule has 1 aromatic carbocycles. The summed E-state index contributed by atoms with van der Waals surface area (Å²) in [6, 6.07) is 9.02. The summed E-state index contributed by atoms with van der Waals surface area (Å²) in [6.45, 7) is 7.03. The molecular weight excluding hydrogens is 374 g/mol. The number of nitrogens with zero attached hydrogens (tertiary/aromatic N) is 1. The van der Waals surface area contributed by atoms with Crippen molar-refractivity contribution in [2.24, 2.45) is 5.92 Å². The summed E-state index contributed by atoms with van der Waals surface area (Å²) in [7, 11) is 0. The normalized spacial score (nSPS) is 20.8. The van der Waals surface area contributed by atoms with Crippen molar-refractivity contribution in [3.63, 3.8) is 0 Å². The van der Waals surface area contributed by atoms with Gasteiger partial charge in [-0.05, 0) is 55.7 Å². The minimum Gasteiger partial charge on any atom is -0.355 e. The first-order valence-corrected chi connectivity index (χ1v) is 11.9. The van der Waals surface area contributed by atoms with E-state index in [0.717, 1.165) is 38.6 Å². The highest BCUT2D eigenvalue weighted by atomic mass is 16.2. The monoisotopic (exact) mass is 413 g/mol. The summed E-state index contributed by atoms with van der Waals surface area (Å²) in [5.41, 5.74) is 2.59. The number of carbonyl (C=O) groups excluding carboxylic acids is 2. The molecule has 2 amide bonds. The highest BCUT2D eigenvalue weighted by Gasteiger charge is 2.28. The van der Waals surface area contributed by atoms with Crippen LogP contribution in [0.4, 0.5) is 0 Å². The maximum Gasteiger partial charge on any atom is 0.234 e. The van der Waals surface area contributed by atoms with Crippen molar-refractivity contribution in [1.29, 1.82) is 0 Å². The molecule has 3 rings (SSSR count). The molecule has 1 atom stereocenters. The van der Waals surface area contributed by atoms with E-state index >= 15 is 0 Å². The van der Waals surface area contributed by atoms with Crippen LogP contribution in [0, 0.1) is 5.92 Å². The minimum atomic E-state index is 0.0212. The molecule has 1 saturated heterocycles. The second kappa shape index (κ2) is 11.5. The maximum atomic E-state index is 12.7. The molecule has 2 N–H and O–H groups in total. The number of hydrogen-bond acceptors (Lipinski definition) is 3. The predicted molar refractivity (Wildman–Crippen MR) is 121 cm³/mol. The Morgan fingerprint density at radius 1 is 1.03 bits per heavy atom. The van der Waals surface area contributed by atoms with Gasteiger partial charge in [-0.15, -0.1) is 0 Å². The number of amides is 2. The fourth-order valence-corrected chi connectivity index (χ4v) is 4.65. The summed E-state index contributed by atoms with van der Waals surface area (Å²) >= 11 is 0. The second-order valence-corrected chi connectivity index (χ2v) is 9.41. The van der Waals surface area contributed by atoms with E-state index in [4.69, 9.17) is 0 Å². The lowest BCUT2D eigenvalue weighted by Crippen LogP contribution is -2.48. The number of rotatable bonds is 8. The molecule has 0 radical (unpaired) electrons. The predicted octanol–water partition coefficient (Wildman–Crippen LogP) is 3.63. The quantitative estimate of drug-likeness (QED) is 0.684. The molecule has 0 aromatic heterocycles. The van der Waals surface area contributed by atoms with E-state index in [1.807, 2.05) is 0 Å².